The average Bonchev–Trinajstić information content (AvgIpc) is 2.59. The molecule has 0 aromatic carbocycles. The predicted molar refractivity (Wildman–Crippen MR) is 43.5 cm³/mol. The minimum atomic E-state index is -0.675. The maximum Gasteiger partial charge on any atom is 0.361 e. The number of aromatic nitrogens is 2. The van der Waals surface area contributed by atoms with E-state index in [0.717, 1.165) is 0 Å². The molecule has 0 radical (unpaired) electrons. The third kappa shape index (κ3) is 2.05. The van der Waals surface area contributed by atoms with Crippen LogP contribution in [-0.2, 0) is 9.53 Å². The summed E-state index contributed by atoms with van der Waals surface area (Å²) in [4.78, 5) is 11.1. The van der Waals surface area contributed by atoms with Crippen molar-refractivity contribution < 1.29 is 14.7 Å². The maximum absolute atomic E-state index is 11.1. The third-order valence-electron chi connectivity index (χ3n) is 1.34. The van der Waals surface area contributed by atoms with Crippen LogP contribution in [0.15, 0.2) is 17.5 Å². The van der Waals surface area contributed by atoms with Gasteiger partial charge in [-0.2, -0.15) is 5.10 Å². The van der Waals surface area contributed by atoms with Crippen LogP contribution in [0, 0.1) is 0 Å². The molecule has 1 aromatic rings. The molecule has 0 saturated carbocycles. The molecule has 2 N–H and O–H groups in total. The first kappa shape index (κ1) is 9.24. The number of hydrogen-bond acceptors (Lipinski definition) is 5. The van der Waals surface area contributed by atoms with Gasteiger partial charge in [0.15, 0.2) is 5.71 Å². The number of aromatic amines is 1. The van der Waals surface area contributed by atoms with Crippen LogP contribution >= 0.6 is 0 Å². The van der Waals surface area contributed by atoms with Gasteiger partial charge in [0, 0.05) is 11.8 Å². The molecule has 1 heterocycles. The molecular weight excluding hydrogens is 174 g/mol. The van der Waals surface area contributed by atoms with Gasteiger partial charge in [-0.15, -0.1) is 0 Å². The minimum Gasteiger partial charge on any atom is -0.461 e. The van der Waals surface area contributed by atoms with E-state index in [0.29, 0.717) is 5.56 Å². The van der Waals surface area contributed by atoms with E-state index in [9.17, 15) is 4.79 Å². The molecule has 1 aromatic heterocycles. The van der Waals surface area contributed by atoms with Gasteiger partial charge in [0.2, 0.25) is 0 Å². The Labute approximate surface area is 74.2 Å². The van der Waals surface area contributed by atoms with E-state index in [1.54, 1.807) is 6.92 Å². The summed E-state index contributed by atoms with van der Waals surface area (Å²) in [5, 5.41) is 17.5. The van der Waals surface area contributed by atoms with E-state index in [1.165, 1.54) is 12.4 Å². The summed E-state index contributed by atoms with van der Waals surface area (Å²) >= 11 is 0. The fourth-order valence-corrected chi connectivity index (χ4v) is 0.796. The molecule has 0 fully saturated rings. The largest absolute Gasteiger partial charge is 0.461 e. The molecule has 0 atom stereocenters. The molecular formula is C7H9N3O3. The van der Waals surface area contributed by atoms with Gasteiger partial charge in [-0.25, -0.2) is 4.79 Å². The smallest absolute Gasteiger partial charge is 0.361 e. The van der Waals surface area contributed by atoms with Crippen LogP contribution in [-0.4, -0.2) is 33.7 Å². The second kappa shape index (κ2) is 4.24. The van der Waals surface area contributed by atoms with Gasteiger partial charge < -0.3 is 9.94 Å². The van der Waals surface area contributed by atoms with Crippen LogP contribution in [0.25, 0.3) is 0 Å². The van der Waals surface area contributed by atoms with Crippen LogP contribution in [0.4, 0.5) is 0 Å². The van der Waals surface area contributed by atoms with Crippen LogP contribution in [0.1, 0.15) is 12.5 Å². The maximum atomic E-state index is 11.1. The molecule has 0 amide bonds. The fraction of sp³-hybridized carbons (Fsp3) is 0.286. The van der Waals surface area contributed by atoms with Gasteiger partial charge in [0.1, 0.15) is 0 Å². The van der Waals surface area contributed by atoms with Gasteiger partial charge >= 0.3 is 5.97 Å². The first-order chi connectivity index (χ1) is 6.29. The normalized spacial score (nSPS) is 11.3. The van der Waals surface area contributed by atoms with Gasteiger partial charge in [-0.05, 0) is 6.92 Å². The van der Waals surface area contributed by atoms with Crippen molar-refractivity contribution in [3.63, 3.8) is 0 Å². The second-order valence-corrected chi connectivity index (χ2v) is 2.16. The second-order valence-electron chi connectivity index (χ2n) is 2.16. The number of nitrogens with zero attached hydrogens (tertiary/aromatic N) is 2. The summed E-state index contributed by atoms with van der Waals surface area (Å²) in [7, 11) is 0. The number of carbonyl (C=O) groups is 1. The number of hydrogen-bond donors (Lipinski definition) is 2. The van der Waals surface area contributed by atoms with Crippen LogP contribution in [0.5, 0.6) is 0 Å². The fourth-order valence-electron chi connectivity index (χ4n) is 0.796. The summed E-state index contributed by atoms with van der Waals surface area (Å²) in [6.45, 7) is 1.90. The lowest BCUT2D eigenvalue weighted by Crippen LogP contribution is -2.18. The Morgan fingerprint density at radius 3 is 3.08 bits per heavy atom. The highest BCUT2D eigenvalue weighted by atomic mass is 16.5. The van der Waals surface area contributed by atoms with E-state index >= 15 is 0 Å². The molecule has 13 heavy (non-hydrogen) atoms. The average molecular weight is 183 g/mol. The zero-order valence-corrected chi connectivity index (χ0v) is 7.02. The number of ether oxygens (including phenoxy) is 1. The van der Waals surface area contributed by atoms with Gasteiger partial charge in [-0.3, -0.25) is 5.10 Å². The van der Waals surface area contributed by atoms with Gasteiger partial charge in [0.25, 0.3) is 0 Å². The number of oxime groups is 1. The summed E-state index contributed by atoms with van der Waals surface area (Å²) in [5.74, 6) is -0.675. The lowest BCUT2D eigenvalue weighted by molar-refractivity contribution is -0.135. The summed E-state index contributed by atoms with van der Waals surface area (Å²) in [5.41, 5.74) is 0.233. The van der Waals surface area contributed by atoms with Crippen molar-refractivity contribution in [1.82, 2.24) is 10.2 Å². The van der Waals surface area contributed by atoms with Crippen LogP contribution in [0.3, 0.4) is 0 Å². The monoisotopic (exact) mass is 183 g/mol. The summed E-state index contributed by atoms with van der Waals surface area (Å²) in [6, 6.07) is 0. The van der Waals surface area contributed by atoms with Crippen LogP contribution < -0.4 is 0 Å². The Hall–Kier alpha value is -1.85. The Morgan fingerprint density at radius 2 is 2.62 bits per heavy atom. The highest BCUT2D eigenvalue weighted by molar-refractivity contribution is 6.43. The van der Waals surface area contributed by atoms with Crippen LogP contribution in [0.2, 0.25) is 0 Å². The molecule has 0 aliphatic heterocycles. The summed E-state index contributed by atoms with van der Waals surface area (Å²) < 4.78 is 4.65. The predicted octanol–water partition coefficient (Wildman–Crippen LogP) is 0.151. The molecule has 6 nitrogen and oxygen atoms in total. The van der Waals surface area contributed by atoms with E-state index in [-0.39, 0.29) is 12.3 Å². The molecule has 6 heteroatoms. The number of rotatable bonds is 3. The van der Waals surface area contributed by atoms with E-state index < -0.39 is 5.97 Å². The highest BCUT2D eigenvalue weighted by Crippen LogP contribution is 1.99. The SMILES string of the molecule is CCOC(=O)C(=NO)c1cn[nH]c1. The topological polar surface area (TPSA) is 87.6 Å². The highest BCUT2D eigenvalue weighted by Gasteiger charge is 2.16. The van der Waals surface area contributed by atoms with E-state index in [2.05, 4.69) is 20.1 Å². The first-order valence-electron chi connectivity index (χ1n) is 3.68. The zero-order chi connectivity index (χ0) is 9.68. The number of H-pyrrole nitrogens is 1. The third-order valence-corrected chi connectivity index (χ3v) is 1.34. The zero-order valence-electron chi connectivity index (χ0n) is 7.02. The number of carbonyl (C=O) groups excluding carboxylic acids is 1. The molecule has 0 spiro atoms. The molecule has 0 unspecified atom stereocenters. The standard InChI is InChI=1S/C7H9N3O3/c1-2-13-7(11)6(10-12)5-3-8-9-4-5/h3-4,12H,2H2,1H3,(H,8,9). The minimum absolute atomic E-state index is 0.157. The molecule has 70 valence electrons. The first-order valence-corrected chi connectivity index (χ1v) is 3.68. The van der Waals surface area contributed by atoms with Crippen molar-refractivity contribution in [3.05, 3.63) is 18.0 Å². The summed E-state index contributed by atoms with van der Waals surface area (Å²) in [6.07, 6.45) is 2.80. The molecule has 0 bridgehead atoms. The van der Waals surface area contributed by atoms with Gasteiger partial charge in [-0.1, -0.05) is 5.16 Å². The van der Waals surface area contributed by atoms with Gasteiger partial charge in [0.05, 0.1) is 12.8 Å². The molecule has 0 aliphatic carbocycles. The Balaban J connectivity index is 2.82. The lowest BCUT2D eigenvalue weighted by Gasteiger charge is -2.00. The van der Waals surface area contributed by atoms with Crippen molar-refractivity contribution >= 4 is 11.7 Å². The van der Waals surface area contributed by atoms with Crippen molar-refractivity contribution in [2.45, 2.75) is 6.92 Å². The Kier molecular flexibility index (Phi) is 3.02. The number of esters is 1. The van der Waals surface area contributed by atoms with Crippen molar-refractivity contribution in [2.24, 2.45) is 5.16 Å². The van der Waals surface area contributed by atoms with Crippen molar-refractivity contribution in [2.75, 3.05) is 6.61 Å². The Morgan fingerprint density at radius 1 is 1.85 bits per heavy atom. The Bertz CT molecular complexity index is 305. The van der Waals surface area contributed by atoms with Crippen molar-refractivity contribution in [3.8, 4) is 0 Å². The number of nitrogens with one attached hydrogen (secondary N) is 1. The van der Waals surface area contributed by atoms with E-state index in [4.69, 9.17) is 5.21 Å². The quantitative estimate of drug-likeness (QED) is 0.302. The van der Waals surface area contributed by atoms with E-state index in [1.807, 2.05) is 0 Å². The molecule has 0 aliphatic rings. The van der Waals surface area contributed by atoms with Crippen molar-refractivity contribution in [1.29, 1.82) is 0 Å². The lowest BCUT2D eigenvalue weighted by atomic mass is 10.2. The molecule has 1 rings (SSSR count). The molecule has 0 saturated heterocycles.